The Morgan fingerprint density at radius 2 is 2.08 bits per heavy atom. The largest absolute Gasteiger partial charge is 0.484 e. The second-order valence-electron chi connectivity index (χ2n) is 8.28. The molecule has 140 valence electrons. The summed E-state index contributed by atoms with van der Waals surface area (Å²) >= 11 is 1.61. The van der Waals surface area contributed by atoms with E-state index in [0.29, 0.717) is 16.5 Å². The van der Waals surface area contributed by atoms with Crippen molar-refractivity contribution in [3.8, 4) is 5.75 Å². The molecule has 1 N–H and O–H groups in total. The minimum absolute atomic E-state index is 0.00262. The average Bonchev–Trinajstić information content (AvgIpc) is 2.96. The lowest BCUT2D eigenvalue weighted by Crippen LogP contribution is -2.26. The molecule has 1 aliphatic carbocycles. The topological polar surface area (TPSA) is 51.2 Å². The molecule has 1 aliphatic rings. The first kappa shape index (κ1) is 18.9. The molecule has 0 fully saturated rings. The first-order valence-electron chi connectivity index (χ1n) is 9.21. The third-order valence-corrected chi connectivity index (χ3v) is 6.29. The smallest absolute Gasteiger partial charge is 0.264 e. The Morgan fingerprint density at radius 3 is 2.77 bits per heavy atom. The number of aromatic nitrogens is 1. The second-order valence-corrected chi connectivity index (χ2v) is 9.36. The van der Waals surface area contributed by atoms with Gasteiger partial charge < -0.3 is 4.74 Å². The van der Waals surface area contributed by atoms with Crippen LogP contribution in [0.15, 0.2) is 18.2 Å². The predicted octanol–water partition coefficient (Wildman–Crippen LogP) is 4.93. The molecule has 5 heteroatoms. The number of nitrogens with zero attached hydrogens (tertiary/aromatic N) is 1. The van der Waals surface area contributed by atoms with E-state index in [0.717, 1.165) is 29.8 Å². The number of thiazole rings is 1. The highest BCUT2D eigenvalue weighted by molar-refractivity contribution is 7.15. The molecule has 0 bridgehead atoms. The monoisotopic (exact) mass is 372 g/mol. The van der Waals surface area contributed by atoms with Gasteiger partial charge in [-0.1, -0.05) is 26.8 Å². The number of amides is 1. The zero-order chi connectivity index (χ0) is 18.9. The third kappa shape index (κ3) is 4.44. The Morgan fingerprint density at radius 1 is 1.31 bits per heavy atom. The first-order chi connectivity index (χ1) is 12.2. The van der Waals surface area contributed by atoms with Crippen LogP contribution >= 0.6 is 11.3 Å². The van der Waals surface area contributed by atoms with Gasteiger partial charge in [0.25, 0.3) is 5.91 Å². The quantitative estimate of drug-likeness (QED) is 0.828. The highest BCUT2D eigenvalue weighted by Gasteiger charge is 2.30. The van der Waals surface area contributed by atoms with Gasteiger partial charge in [0, 0.05) is 4.88 Å². The summed E-state index contributed by atoms with van der Waals surface area (Å²) in [6, 6.07) is 5.85. The van der Waals surface area contributed by atoms with Crippen LogP contribution in [0.5, 0.6) is 5.75 Å². The van der Waals surface area contributed by atoms with Crippen LogP contribution in [-0.4, -0.2) is 17.5 Å². The summed E-state index contributed by atoms with van der Waals surface area (Å²) in [6.07, 6.45) is 3.23. The molecule has 0 radical (unpaired) electrons. The zero-order valence-corrected chi connectivity index (χ0v) is 17.1. The number of hydrogen-bond donors (Lipinski definition) is 1. The SMILES string of the molecule is Cc1ccc(OCC(=O)Nc2nc3c(s2)C[C@H](C(C)(C)C)CC3)cc1C. The fourth-order valence-electron chi connectivity index (χ4n) is 3.28. The lowest BCUT2D eigenvalue weighted by Gasteiger charge is -2.33. The third-order valence-electron chi connectivity index (χ3n) is 5.26. The summed E-state index contributed by atoms with van der Waals surface area (Å²) < 4.78 is 5.60. The van der Waals surface area contributed by atoms with Gasteiger partial charge in [-0.05, 0) is 67.7 Å². The Bertz CT molecular complexity index is 805. The number of nitrogens with one attached hydrogen (secondary N) is 1. The van der Waals surface area contributed by atoms with Gasteiger partial charge >= 0.3 is 0 Å². The Kier molecular flexibility index (Phi) is 5.37. The van der Waals surface area contributed by atoms with Crippen molar-refractivity contribution < 1.29 is 9.53 Å². The summed E-state index contributed by atoms with van der Waals surface area (Å²) in [6.45, 7) is 11.0. The van der Waals surface area contributed by atoms with Gasteiger partial charge in [0.1, 0.15) is 5.75 Å². The van der Waals surface area contributed by atoms with E-state index in [2.05, 4.69) is 38.0 Å². The molecule has 0 spiro atoms. The van der Waals surface area contributed by atoms with Gasteiger partial charge in [-0.2, -0.15) is 0 Å². The van der Waals surface area contributed by atoms with E-state index in [4.69, 9.17) is 4.74 Å². The standard InChI is InChI=1S/C21H28N2O2S/c1-13-6-8-16(10-14(13)2)25-12-19(24)23-20-22-17-9-7-15(21(3,4)5)11-18(17)26-20/h6,8,10,15H,7,9,11-12H2,1-5H3,(H,22,23,24)/t15-/m1/s1. The van der Waals surface area contributed by atoms with Gasteiger partial charge in [0.2, 0.25) is 0 Å². The van der Waals surface area contributed by atoms with Gasteiger partial charge in [-0.3, -0.25) is 10.1 Å². The molecule has 2 aromatic rings. The molecular weight excluding hydrogens is 344 g/mol. The lowest BCUT2D eigenvalue weighted by molar-refractivity contribution is -0.118. The highest BCUT2D eigenvalue weighted by atomic mass is 32.1. The van der Waals surface area contributed by atoms with E-state index < -0.39 is 0 Å². The summed E-state index contributed by atoms with van der Waals surface area (Å²) in [5.74, 6) is 1.23. The van der Waals surface area contributed by atoms with Crippen LogP contribution in [0.2, 0.25) is 0 Å². The number of benzene rings is 1. The molecule has 1 heterocycles. The molecule has 0 saturated carbocycles. The molecular formula is C21H28N2O2S. The minimum Gasteiger partial charge on any atom is -0.484 e. The first-order valence-corrected chi connectivity index (χ1v) is 10.0. The Balaban J connectivity index is 1.57. The summed E-state index contributed by atoms with van der Waals surface area (Å²) in [5.41, 5.74) is 3.83. The molecule has 1 atom stereocenters. The van der Waals surface area contributed by atoms with Crippen molar-refractivity contribution in [1.29, 1.82) is 0 Å². The van der Waals surface area contributed by atoms with Crippen LogP contribution in [0.25, 0.3) is 0 Å². The van der Waals surface area contributed by atoms with Crippen molar-refractivity contribution in [3.63, 3.8) is 0 Å². The van der Waals surface area contributed by atoms with Gasteiger partial charge in [-0.15, -0.1) is 11.3 Å². The van der Waals surface area contributed by atoms with Crippen molar-refractivity contribution in [2.75, 3.05) is 11.9 Å². The molecule has 3 rings (SSSR count). The molecule has 1 aromatic carbocycles. The second kappa shape index (κ2) is 7.39. The number of fused-ring (bicyclic) bond motifs is 1. The zero-order valence-electron chi connectivity index (χ0n) is 16.3. The molecule has 1 amide bonds. The lowest BCUT2D eigenvalue weighted by atomic mass is 9.73. The van der Waals surface area contributed by atoms with E-state index in [-0.39, 0.29) is 12.5 Å². The van der Waals surface area contributed by atoms with E-state index in [1.165, 1.54) is 16.9 Å². The molecule has 1 aromatic heterocycles. The maximum atomic E-state index is 12.2. The maximum Gasteiger partial charge on any atom is 0.264 e. The van der Waals surface area contributed by atoms with E-state index >= 15 is 0 Å². The van der Waals surface area contributed by atoms with Crippen molar-refractivity contribution in [3.05, 3.63) is 39.9 Å². The predicted molar refractivity (Wildman–Crippen MR) is 107 cm³/mol. The Hall–Kier alpha value is -1.88. The van der Waals surface area contributed by atoms with Crippen LogP contribution in [0, 0.1) is 25.2 Å². The van der Waals surface area contributed by atoms with E-state index in [1.54, 1.807) is 11.3 Å². The van der Waals surface area contributed by atoms with Crippen molar-refractivity contribution in [2.24, 2.45) is 11.3 Å². The molecule has 26 heavy (non-hydrogen) atoms. The summed E-state index contributed by atoms with van der Waals surface area (Å²) in [7, 11) is 0. The van der Waals surface area contributed by atoms with E-state index in [9.17, 15) is 4.79 Å². The van der Waals surface area contributed by atoms with Gasteiger partial charge in [-0.25, -0.2) is 4.98 Å². The van der Waals surface area contributed by atoms with Crippen LogP contribution in [0.3, 0.4) is 0 Å². The number of aryl methyl sites for hydroxylation is 3. The average molecular weight is 373 g/mol. The normalized spacial score (nSPS) is 16.9. The summed E-state index contributed by atoms with van der Waals surface area (Å²) in [4.78, 5) is 18.1. The van der Waals surface area contributed by atoms with Crippen molar-refractivity contribution in [2.45, 2.75) is 53.9 Å². The van der Waals surface area contributed by atoms with Crippen LogP contribution < -0.4 is 10.1 Å². The fourth-order valence-corrected chi connectivity index (χ4v) is 4.38. The number of ether oxygens (including phenoxy) is 1. The molecule has 4 nitrogen and oxygen atoms in total. The minimum atomic E-state index is -0.165. The van der Waals surface area contributed by atoms with Crippen LogP contribution in [0.4, 0.5) is 5.13 Å². The number of anilines is 1. The van der Waals surface area contributed by atoms with Gasteiger partial charge in [0.15, 0.2) is 11.7 Å². The van der Waals surface area contributed by atoms with Gasteiger partial charge in [0.05, 0.1) is 5.69 Å². The number of carbonyl (C=O) groups is 1. The Labute approximate surface area is 160 Å². The number of rotatable bonds is 4. The maximum absolute atomic E-state index is 12.2. The molecule has 0 saturated heterocycles. The van der Waals surface area contributed by atoms with Crippen molar-refractivity contribution in [1.82, 2.24) is 4.98 Å². The number of carbonyl (C=O) groups excluding carboxylic acids is 1. The fraction of sp³-hybridized carbons (Fsp3) is 0.524. The number of hydrogen-bond acceptors (Lipinski definition) is 4. The van der Waals surface area contributed by atoms with E-state index in [1.807, 2.05) is 25.1 Å². The highest BCUT2D eigenvalue weighted by Crippen LogP contribution is 2.40. The van der Waals surface area contributed by atoms with Crippen LogP contribution in [-0.2, 0) is 17.6 Å². The van der Waals surface area contributed by atoms with Crippen molar-refractivity contribution >= 4 is 22.4 Å². The summed E-state index contributed by atoms with van der Waals surface area (Å²) in [5, 5.41) is 3.59. The van der Waals surface area contributed by atoms with Crippen LogP contribution in [0.1, 0.15) is 48.9 Å². The molecule has 0 unspecified atom stereocenters. The molecule has 0 aliphatic heterocycles.